The van der Waals surface area contributed by atoms with E-state index in [-0.39, 0.29) is 5.91 Å². The van der Waals surface area contributed by atoms with Crippen LogP contribution in [0.1, 0.15) is 10.4 Å². The van der Waals surface area contributed by atoms with Crippen LogP contribution in [0.25, 0.3) is 0 Å². The molecule has 0 unspecified atom stereocenters. The van der Waals surface area contributed by atoms with Crippen molar-refractivity contribution in [3.8, 4) is 5.75 Å². The first kappa shape index (κ1) is 11.3. The van der Waals surface area contributed by atoms with Gasteiger partial charge in [-0.2, -0.15) is 0 Å². The zero-order chi connectivity index (χ0) is 10.4. The number of ether oxygens (including phenoxy) is 1. The molecule has 0 saturated heterocycles. The molecule has 0 aliphatic rings. The smallest absolute Gasteiger partial charge is 0.251 e. The molecule has 0 fully saturated rings. The summed E-state index contributed by atoms with van der Waals surface area (Å²) >= 11 is 2.21. The first-order chi connectivity index (χ1) is 6.77. The van der Waals surface area contributed by atoms with Crippen LogP contribution in [-0.2, 0) is 0 Å². The molecular weight excluding hydrogens is 293 g/mol. The number of halogens is 1. The van der Waals surface area contributed by atoms with E-state index < -0.39 is 0 Å². The highest BCUT2D eigenvalue weighted by Crippen LogP contribution is 2.12. The summed E-state index contributed by atoms with van der Waals surface area (Å²) in [6.07, 6.45) is 0. The lowest BCUT2D eigenvalue weighted by Gasteiger charge is -2.04. The molecule has 1 N–H and O–H groups in total. The minimum absolute atomic E-state index is 0.0550. The largest absolute Gasteiger partial charge is 0.497 e. The van der Waals surface area contributed by atoms with Crippen LogP contribution < -0.4 is 10.1 Å². The molecule has 1 amide bonds. The van der Waals surface area contributed by atoms with Gasteiger partial charge in [0.2, 0.25) is 0 Å². The fourth-order valence-electron chi connectivity index (χ4n) is 1.03. The van der Waals surface area contributed by atoms with E-state index in [0.717, 1.165) is 4.43 Å². The van der Waals surface area contributed by atoms with Gasteiger partial charge in [0.25, 0.3) is 5.91 Å². The molecule has 0 heterocycles. The average Bonchev–Trinajstić information content (AvgIpc) is 2.26. The number of methoxy groups -OCH3 is 1. The van der Waals surface area contributed by atoms with Crippen LogP contribution in [-0.4, -0.2) is 24.0 Å². The maximum Gasteiger partial charge on any atom is 0.251 e. The second kappa shape index (κ2) is 5.85. The number of hydrogen-bond acceptors (Lipinski definition) is 2. The van der Waals surface area contributed by atoms with E-state index >= 15 is 0 Å². The van der Waals surface area contributed by atoms with Crippen molar-refractivity contribution in [1.29, 1.82) is 0 Å². The third-order valence-electron chi connectivity index (χ3n) is 1.71. The van der Waals surface area contributed by atoms with Gasteiger partial charge in [0, 0.05) is 16.5 Å². The number of carbonyl (C=O) groups excluding carboxylic acids is 1. The number of nitrogens with one attached hydrogen (secondary N) is 1. The normalized spacial score (nSPS) is 9.57. The number of amides is 1. The minimum Gasteiger partial charge on any atom is -0.497 e. The van der Waals surface area contributed by atoms with Crippen LogP contribution in [0, 0.1) is 0 Å². The monoisotopic (exact) mass is 305 g/mol. The van der Waals surface area contributed by atoms with Crippen molar-refractivity contribution >= 4 is 28.5 Å². The van der Waals surface area contributed by atoms with E-state index in [1.807, 2.05) is 6.07 Å². The molecule has 3 nitrogen and oxygen atoms in total. The van der Waals surface area contributed by atoms with Gasteiger partial charge in [-0.3, -0.25) is 4.79 Å². The Morgan fingerprint density at radius 1 is 1.57 bits per heavy atom. The van der Waals surface area contributed by atoms with Gasteiger partial charge in [0.1, 0.15) is 5.75 Å². The van der Waals surface area contributed by atoms with Crippen molar-refractivity contribution in [2.75, 3.05) is 18.1 Å². The Morgan fingerprint density at radius 2 is 2.36 bits per heavy atom. The number of rotatable bonds is 4. The van der Waals surface area contributed by atoms with Gasteiger partial charge in [-0.05, 0) is 18.2 Å². The first-order valence-electron chi connectivity index (χ1n) is 4.26. The van der Waals surface area contributed by atoms with Crippen LogP contribution in [0.15, 0.2) is 24.3 Å². The van der Waals surface area contributed by atoms with Gasteiger partial charge in [-0.25, -0.2) is 0 Å². The van der Waals surface area contributed by atoms with Crippen molar-refractivity contribution < 1.29 is 9.53 Å². The standard InChI is InChI=1S/C10H12INO2/c1-14-9-4-2-3-8(7-9)10(13)12-6-5-11/h2-4,7H,5-6H2,1H3,(H,12,13). The molecule has 0 aromatic heterocycles. The van der Waals surface area contributed by atoms with Gasteiger partial charge in [-0.1, -0.05) is 28.7 Å². The Bertz CT molecular complexity index is 315. The second-order valence-electron chi connectivity index (χ2n) is 2.68. The Balaban J connectivity index is 2.69. The van der Waals surface area contributed by atoms with E-state index in [0.29, 0.717) is 17.9 Å². The van der Waals surface area contributed by atoms with Gasteiger partial charge >= 0.3 is 0 Å². The predicted octanol–water partition coefficient (Wildman–Crippen LogP) is 1.86. The highest BCUT2D eigenvalue weighted by atomic mass is 127. The lowest BCUT2D eigenvalue weighted by atomic mass is 10.2. The maximum absolute atomic E-state index is 11.5. The summed E-state index contributed by atoms with van der Waals surface area (Å²) in [4.78, 5) is 11.5. The number of hydrogen-bond donors (Lipinski definition) is 1. The van der Waals surface area contributed by atoms with Gasteiger partial charge < -0.3 is 10.1 Å². The summed E-state index contributed by atoms with van der Waals surface area (Å²) in [7, 11) is 1.59. The molecule has 76 valence electrons. The van der Waals surface area contributed by atoms with Crippen LogP contribution >= 0.6 is 22.6 Å². The Labute approximate surface area is 97.0 Å². The highest BCUT2D eigenvalue weighted by molar-refractivity contribution is 14.1. The quantitative estimate of drug-likeness (QED) is 0.681. The van der Waals surface area contributed by atoms with Gasteiger partial charge in [-0.15, -0.1) is 0 Å². The lowest BCUT2D eigenvalue weighted by molar-refractivity contribution is 0.0956. The third kappa shape index (κ3) is 3.17. The highest BCUT2D eigenvalue weighted by Gasteiger charge is 2.04. The Kier molecular flexibility index (Phi) is 4.72. The summed E-state index contributed by atoms with van der Waals surface area (Å²) in [5.41, 5.74) is 0.634. The summed E-state index contributed by atoms with van der Waals surface area (Å²) < 4.78 is 5.94. The van der Waals surface area contributed by atoms with E-state index in [4.69, 9.17) is 4.74 Å². The van der Waals surface area contributed by atoms with Crippen molar-refractivity contribution in [3.05, 3.63) is 29.8 Å². The molecular formula is C10H12INO2. The van der Waals surface area contributed by atoms with E-state index in [1.54, 1.807) is 25.3 Å². The zero-order valence-corrected chi connectivity index (χ0v) is 10.1. The molecule has 0 aliphatic heterocycles. The summed E-state index contributed by atoms with van der Waals surface area (Å²) in [5.74, 6) is 0.646. The van der Waals surface area contributed by atoms with Crippen LogP contribution in [0.4, 0.5) is 0 Å². The maximum atomic E-state index is 11.5. The van der Waals surface area contributed by atoms with Gasteiger partial charge in [0.15, 0.2) is 0 Å². The van der Waals surface area contributed by atoms with Crippen LogP contribution in [0.2, 0.25) is 0 Å². The SMILES string of the molecule is COc1cccc(C(=O)NCCI)c1. The Morgan fingerprint density at radius 3 is 3.00 bits per heavy atom. The van der Waals surface area contributed by atoms with Crippen molar-refractivity contribution in [1.82, 2.24) is 5.32 Å². The molecule has 4 heteroatoms. The van der Waals surface area contributed by atoms with Crippen LogP contribution in [0.3, 0.4) is 0 Å². The summed E-state index contributed by atoms with van der Waals surface area (Å²) in [5, 5.41) is 2.80. The number of benzene rings is 1. The van der Waals surface area contributed by atoms with E-state index in [2.05, 4.69) is 27.9 Å². The first-order valence-corrected chi connectivity index (χ1v) is 5.78. The topological polar surface area (TPSA) is 38.3 Å². The molecule has 14 heavy (non-hydrogen) atoms. The molecule has 0 saturated carbocycles. The van der Waals surface area contributed by atoms with Crippen LogP contribution in [0.5, 0.6) is 5.75 Å². The molecule has 1 rings (SSSR count). The average molecular weight is 305 g/mol. The number of alkyl halides is 1. The molecule has 0 spiro atoms. The van der Waals surface area contributed by atoms with E-state index in [9.17, 15) is 4.79 Å². The summed E-state index contributed by atoms with van der Waals surface area (Å²) in [6.45, 7) is 0.691. The third-order valence-corrected chi connectivity index (χ3v) is 2.25. The van der Waals surface area contributed by atoms with Crippen molar-refractivity contribution in [3.63, 3.8) is 0 Å². The second-order valence-corrected chi connectivity index (χ2v) is 3.76. The van der Waals surface area contributed by atoms with Crippen molar-refractivity contribution in [2.45, 2.75) is 0 Å². The molecule has 0 aliphatic carbocycles. The fraction of sp³-hybridized carbons (Fsp3) is 0.300. The Hall–Kier alpha value is -0.780. The molecule has 1 aromatic carbocycles. The zero-order valence-electron chi connectivity index (χ0n) is 7.92. The van der Waals surface area contributed by atoms with Crippen molar-refractivity contribution in [2.24, 2.45) is 0 Å². The fourth-order valence-corrected chi connectivity index (χ4v) is 1.30. The van der Waals surface area contributed by atoms with Gasteiger partial charge in [0.05, 0.1) is 7.11 Å². The lowest BCUT2D eigenvalue weighted by Crippen LogP contribution is -2.25. The molecule has 1 aromatic rings. The molecule has 0 radical (unpaired) electrons. The summed E-state index contributed by atoms with van der Waals surface area (Å²) in [6, 6.07) is 7.11. The number of carbonyl (C=O) groups is 1. The minimum atomic E-state index is -0.0550. The van der Waals surface area contributed by atoms with E-state index in [1.165, 1.54) is 0 Å². The molecule has 0 atom stereocenters. The molecule has 0 bridgehead atoms. The predicted molar refractivity (Wildman–Crippen MR) is 64.2 cm³/mol.